The molecule has 0 aliphatic heterocycles. The van der Waals surface area contributed by atoms with Gasteiger partial charge in [-0.1, -0.05) is 54.1 Å². The van der Waals surface area contributed by atoms with Gasteiger partial charge in [0.15, 0.2) is 6.61 Å². The van der Waals surface area contributed by atoms with Crippen molar-refractivity contribution in [2.24, 2.45) is 0 Å². The molecule has 4 N–H and O–H groups in total. The van der Waals surface area contributed by atoms with E-state index in [-0.39, 0.29) is 13.2 Å². The average molecular weight is 472 g/mol. The van der Waals surface area contributed by atoms with Crippen LogP contribution in [0.15, 0.2) is 72.8 Å². The van der Waals surface area contributed by atoms with Crippen molar-refractivity contribution in [3.05, 3.63) is 89.5 Å². The minimum atomic E-state index is -0.587. The molecule has 0 atom stereocenters. The van der Waals surface area contributed by atoms with Crippen molar-refractivity contribution in [3.8, 4) is 22.9 Å². The summed E-state index contributed by atoms with van der Waals surface area (Å²) in [6.45, 7) is 1.69. The number of carbonyl (C=O) groups excluding carboxylic acids is 3. The number of ether oxygens (including phenoxy) is 1. The molecule has 0 aliphatic carbocycles. The molecule has 0 heterocycles. The number of nitrogens with zero attached hydrogens (tertiary/aromatic N) is 1. The first kappa shape index (κ1) is 24.8. The Labute approximate surface area is 203 Å². The van der Waals surface area contributed by atoms with E-state index in [2.05, 4.69) is 27.6 Å². The van der Waals surface area contributed by atoms with Crippen molar-refractivity contribution >= 4 is 17.8 Å². The van der Waals surface area contributed by atoms with Crippen molar-refractivity contribution in [3.63, 3.8) is 0 Å². The van der Waals surface area contributed by atoms with Gasteiger partial charge in [0, 0.05) is 6.54 Å². The third-order valence-electron chi connectivity index (χ3n) is 4.90. The Balaban J connectivity index is 1.32. The number of hydrogen-bond donors (Lipinski definition) is 4. The lowest BCUT2D eigenvalue weighted by Crippen LogP contribution is -2.49. The van der Waals surface area contributed by atoms with E-state index in [0.717, 1.165) is 22.3 Å². The number of carbonyl (C=O) groups is 3. The molecule has 0 radical (unpaired) electrons. The Morgan fingerprint density at radius 2 is 1.40 bits per heavy atom. The van der Waals surface area contributed by atoms with Crippen LogP contribution < -0.4 is 26.2 Å². The third-order valence-corrected chi connectivity index (χ3v) is 4.90. The summed E-state index contributed by atoms with van der Waals surface area (Å²) in [5.74, 6) is -0.662. The number of hydrazine groups is 1. The summed E-state index contributed by atoms with van der Waals surface area (Å²) in [7, 11) is 0. The lowest BCUT2D eigenvalue weighted by Gasteiger charge is -2.10. The Kier molecular flexibility index (Phi) is 8.79. The van der Waals surface area contributed by atoms with Crippen LogP contribution in [0.3, 0.4) is 0 Å². The lowest BCUT2D eigenvalue weighted by atomic mass is 10.0. The highest BCUT2D eigenvalue weighted by Crippen LogP contribution is 2.22. The van der Waals surface area contributed by atoms with Gasteiger partial charge < -0.3 is 15.4 Å². The van der Waals surface area contributed by atoms with Crippen LogP contribution in [-0.2, 0) is 16.1 Å². The maximum atomic E-state index is 11.9. The Morgan fingerprint density at radius 3 is 2.03 bits per heavy atom. The monoisotopic (exact) mass is 471 g/mol. The minimum absolute atomic E-state index is 0.305. The van der Waals surface area contributed by atoms with Crippen molar-refractivity contribution in [2.45, 2.75) is 13.5 Å². The van der Waals surface area contributed by atoms with E-state index in [4.69, 9.17) is 10.00 Å². The van der Waals surface area contributed by atoms with E-state index >= 15 is 0 Å². The SMILES string of the molecule is Cc1ccc(CNC(=O)NCC(=O)NNC(=O)COc2ccc(-c3ccc(C#N)cc3)cc2)cc1. The summed E-state index contributed by atoms with van der Waals surface area (Å²) in [5, 5.41) is 13.9. The van der Waals surface area contributed by atoms with E-state index < -0.39 is 17.8 Å². The zero-order chi connectivity index (χ0) is 25.0. The quantitative estimate of drug-likeness (QED) is 0.375. The van der Waals surface area contributed by atoms with Gasteiger partial charge in [0.2, 0.25) is 0 Å². The zero-order valence-electron chi connectivity index (χ0n) is 19.1. The second-order valence-corrected chi connectivity index (χ2v) is 7.62. The lowest BCUT2D eigenvalue weighted by molar-refractivity contribution is -0.129. The molecule has 4 amide bonds. The molecule has 0 spiro atoms. The fourth-order valence-corrected chi connectivity index (χ4v) is 2.96. The van der Waals surface area contributed by atoms with Crippen LogP contribution in [0, 0.1) is 18.3 Å². The summed E-state index contributed by atoms with van der Waals surface area (Å²) in [6, 6.07) is 23.6. The summed E-state index contributed by atoms with van der Waals surface area (Å²) in [6.07, 6.45) is 0. The number of urea groups is 1. The molecule has 0 unspecified atom stereocenters. The standard InChI is InChI=1S/C26H25N5O4/c1-18-2-4-20(5-3-18)15-28-26(34)29-16-24(32)30-31-25(33)17-35-23-12-10-22(11-13-23)21-8-6-19(14-27)7-9-21/h2-13H,15-17H2,1H3,(H,30,32)(H,31,33)(H2,28,29,34). The first-order valence-corrected chi connectivity index (χ1v) is 10.8. The van der Waals surface area contributed by atoms with Crippen molar-refractivity contribution in [2.75, 3.05) is 13.2 Å². The van der Waals surface area contributed by atoms with Gasteiger partial charge in [0.25, 0.3) is 11.8 Å². The maximum absolute atomic E-state index is 11.9. The Bertz CT molecular complexity index is 1200. The molecule has 0 aromatic heterocycles. The van der Waals surface area contributed by atoms with Gasteiger partial charge >= 0.3 is 6.03 Å². The van der Waals surface area contributed by atoms with E-state index in [1.54, 1.807) is 24.3 Å². The van der Waals surface area contributed by atoms with Crippen LogP contribution in [-0.4, -0.2) is 31.0 Å². The number of nitrogens with one attached hydrogen (secondary N) is 4. The zero-order valence-corrected chi connectivity index (χ0v) is 19.1. The Hall–Kier alpha value is -4.84. The summed E-state index contributed by atoms with van der Waals surface area (Å²) >= 11 is 0. The highest BCUT2D eigenvalue weighted by Gasteiger charge is 2.08. The predicted molar refractivity (Wildman–Crippen MR) is 130 cm³/mol. The van der Waals surface area contributed by atoms with Gasteiger partial charge in [-0.2, -0.15) is 5.26 Å². The number of aryl methyl sites for hydroxylation is 1. The molecule has 0 saturated heterocycles. The topological polar surface area (TPSA) is 132 Å². The second-order valence-electron chi connectivity index (χ2n) is 7.62. The van der Waals surface area contributed by atoms with E-state index in [0.29, 0.717) is 17.9 Å². The summed E-state index contributed by atoms with van der Waals surface area (Å²) < 4.78 is 5.42. The van der Waals surface area contributed by atoms with Crippen LogP contribution >= 0.6 is 0 Å². The number of nitriles is 1. The number of amides is 4. The fourth-order valence-electron chi connectivity index (χ4n) is 2.96. The third kappa shape index (κ3) is 8.22. The highest BCUT2D eigenvalue weighted by atomic mass is 16.5. The molecule has 0 aliphatic rings. The molecule has 0 saturated carbocycles. The van der Waals surface area contributed by atoms with Crippen LogP contribution in [0.2, 0.25) is 0 Å². The maximum Gasteiger partial charge on any atom is 0.315 e. The second kappa shape index (κ2) is 12.4. The molecule has 178 valence electrons. The van der Waals surface area contributed by atoms with Crippen LogP contribution in [0.25, 0.3) is 11.1 Å². The van der Waals surface area contributed by atoms with Gasteiger partial charge in [0.05, 0.1) is 11.6 Å². The molecule has 35 heavy (non-hydrogen) atoms. The van der Waals surface area contributed by atoms with E-state index in [1.807, 2.05) is 55.5 Å². The molecule has 3 aromatic rings. The van der Waals surface area contributed by atoms with E-state index in [9.17, 15) is 14.4 Å². The van der Waals surface area contributed by atoms with Gasteiger partial charge in [-0.25, -0.2) is 4.79 Å². The first-order valence-electron chi connectivity index (χ1n) is 10.8. The molecule has 0 bridgehead atoms. The number of hydrogen-bond acceptors (Lipinski definition) is 5. The first-order chi connectivity index (χ1) is 16.9. The van der Waals surface area contributed by atoms with Gasteiger partial charge in [0.1, 0.15) is 12.3 Å². The molecule has 9 heteroatoms. The highest BCUT2D eigenvalue weighted by molar-refractivity contribution is 5.86. The molecule has 9 nitrogen and oxygen atoms in total. The van der Waals surface area contributed by atoms with Crippen molar-refractivity contribution in [1.82, 2.24) is 21.5 Å². The predicted octanol–water partition coefficient (Wildman–Crippen LogP) is 2.56. The number of benzene rings is 3. The minimum Gasteiger partial charge on any atom is -0.484 e. The van der Waals surface area contributed by atoms with Crippen LogP contribution in [0.5, 0.6) is 5.75 Å². The molecule has 0 fully saturated rings. The van der Waals surface area contributed by atoms with Crippen LogP contribution in [0.4, 0.5) is 4.79 Å². The van der Waals surface area contributed by atoms with Crippen molar-refractivity contribution in [1.29, 1.82) is 5.26 Å². The molecular formula is C26H25N5O4. The van der Waals surface area contributed by atoms with Gasteiger partial charge in [-0.05, 0) is 47.9 Å². The summed E-state index contributed by atoms with van der Waals surface area (Å²) in [4.78, 5) is 35.5. The fraction of sp³-hybridized carbons (Fsp3) is 0.154. The van der Waals surface area contributed by atoms with E-state index in [1.165, 1.54) is 0 Å². The van der Waals surface area contributed by atoms with Gasteiger partial charge in [-0.3, -0.25) is 20.4 Å². The molecule has 3 rings (SSSR count). The number of rotatable bonds is 8. The normalized spacial score (nSPS) is 9.94. The Morgan fingerprint density at radius 1 is 0.800 bits per heavy atom. The molecule has 3 aromatic carbocycles. The average Bonchev–Trinajstić information content (AvgIpc) is 2.89. The van der Waals surface area contributed by atoms with Crippen LogP contribution in [0.1, 0.15) is 16.7 Å². The van der Waals surface area contributed by atoms with Gasteiger partial charge in [-0.15, -0.1) is 0 Å². The largest absolute Gasteiger partial charge is 0.484 e. The van der Waals surface area contributed by atoms with Crippen molar-refractivity contribution < 1.29 is 19.1 Å². The smallest absolute Gasteiger partial charge is 0.315 e. The summed E-state index contributed by atoms with van der Waals surface area (Å²) in [5.41, 5.74) is 8.98. The molecular weight excluding hydrogens is 446 g/mol.